The molecule has 108 valence electrons. The van der Waals surface area contributed by atoms with Gasteiger partial charge >= 0.3 is 0 Å². The lowest BCUT2D eigenvalue weighted by molar-refractivity contribution is 0.0735. The number of likely N-dealkylation sites (tertiary alicyclic amines) is 1. The molecule has 1 amide bonds. The molecule has 0 saturated carbocycles. The van der Waals surface area contributed by atoms with Crippen LogP contribution in [-0.2, 0) is 0 Å². The fourth-order valence-electron chi connectivity index (χ4n) is 2.80. The molecule has 1 fully saturated rings. The molecule has 0 spiro atoms. The van der Waals surface area contributed by atoms with Gasteiger partial charge in [-0.25, -0.2) is 4.39 Å². The molecular formula is C17H15ClFNO. The molecule has 1 unspecified atom stereocenters. The van der Waals surface area contributed by atoms with E-state index in [1.54, 1.807) is 36.4 Å². The summed E-state index contributed by atoms with van der Waals surface area (Å²) in [6.07, 6.45) is 1.87. The number of hydrogen-bond donors (Lipinski definition) is 0. The lowest BCUT2D eigenvalue weighted by atomic mass is 10.0. The van der Waals surface area contributed by atoms with Crippen molar-refractivity contribution in [3.8, 4) is 0 Å². The molecule has 1 saturated heterocycles. The Bertz CT molecular complexity index is 639. The predicted molar refractivity (Wildman–Crippen MR) is 80.9 cm³/mol. The van der Waals surface area contributed by atoms with Crippen molar-refractivity contribution in [2.24, 2.45) is 0 Å². The van der Waals surface area contributed by atoms with Crippen molar-refractivity contribution < 1.29 is 9.18 Å². The van der Waals surface area contributed by atoms with Gasteiger partial charge in [0.1, 0.15) is 5.82 Å². The van der Waals surface area contributed by atoms with Crippen LogP contribution in [-0.4, -0.2) is 17.4 Å². The van der Waals surface area contributed by atoms with E-state index in [-0.39, 0.29) is 17.8 Å². The number of amides is 1. The molecule has 21 heavy (non-hydrogen) atoms. The Labute approximate surface area is 128 Å². The van der Waals surface area contributed by atoms with E-state index < -0.39 is 0 Å². The van der Waals surface area contributed by atoms with Crippen LogP contribution in [0.4, 0.5) is 4.39 Å². The maximum atomic E-state index is 13.0. The van der Waals surface area contributed by atoms with Crippen molar-refractivity contribution in [1.29, 1.82) is 0 Å². The van der Waals surface area contributed by atoms with E-state index >= 15 is 0 Å². The number of nitrogens with zero attached hydrogens (tertiary/aromatic N) is 1. The molecule has 3 rings (SSSR count). The minimum atomic E-state index is -0.257. The van der Waals surface area contributed by atoms with Crippen molar-refractivity contribution in [1.82, 2.24) is 4.90 Å². The van der Waals surface area contributed by atoms with Crippen LogP contribution in [0.1, 0.15) is 34.8 Å². The molecular weight excluding hydrogens is 289 g/mol. The van der Waals surface area contributed by atoms with Crippen molar-refractivity contribution >= 4 is 17.5 Å². The summed E-state index contributed by atoms with van der Waals surface area (Å²) in [7, 11) is 0. The van der Waals surface area contributed by atoms with Gasteiger partial charge in [-0.2, -0.15) is 0 Å². The highest BCUT2D eigenvalue weighted by Gasteiger charge is 2.30. The Morgan fingerprint density at radius 3 is 2.43 bits per heavy atom. The number of carbonyl (C=O) groups excluding carboxylic acids is 1. The highest BCUT2D eigenvalue weighted by atomic mass is 35.5. The quantitative estimate of drug-likeness (QED) is 0.802. The molecule has 0 N–H and O–H groups in total. The zero-order valence-electron chi connectivity index (χ0n) is 11.4. The van der Waals surface area contributed by atoms with Gasteiger partial charge in [0.25, 0.3) is 5.91 Å². The normalized spacial score (nSPS) is 18.0. The van der Waals surface area contributed by atoms with Crippen LogP contribution in [0.5, 0.6) is 0 Å². The number of hydrogen-bond acceptors (Lipinski definition) is 1. The molecule has 0 aliphatic carbocycles. The van der Waals surface area contributed by atoms with Gasteiger partial charge in [-0.15, -0.1) is 0 Å². The summed E-state index contributed by atoms with van der Waals surface area (Å²) in [6.45, 7) is 0.726. The Kier molecular flexibility index (Phi) is 3.93. The zero-order valence-corrected chi connectivity index (χ0v) is 12.2. The van der Waals surface area contributed by atoms with Gasteiger partial charge in [-0.1, -0.05) is 23.7 Å². The topological polar surface area (TPSA) is 20.3 Å². The van der Waals surface area contributed by atoms with E-state index in [1.807, 2.05) is 4.90 Å². The predicted octanol–water partition coefficient (Wildman–Crippen LogP) is 4.46. The van der Waals surface area contributed by atoms with Crippen molar-refractivity contribution in [3.63, 3.8) is 0 Å². The third-order valence-electron chi connectivity index (χ3n) is 3.86. The standard InChI is InChI=1S/C17H15ClFNO/c18-14-7-3-13(4-8-14)17(21)20-11-1-2-16(20)12-5-9-15(19)10-6-12/h3-10,16H,1-2,11H2. The van der Waals surface area contributed by atoms with E-state index in [9.17, 15) is 9.18 Å². The lowest BCUT2D eigenvalue weighted by Crippen LogP contribution is -2.30. The van der Waals surface area contributed by atoms with Crippen LogP contribution in [0.2, 0.25) is 5.02 Å². The number of halogens is 2. The van der Waals surface area contributed by atoms with E-state index in [1.165, 1.54) is 12.1 Å². The summed E-state index contributed by atoms with van der Waals surface area (Å²) in [6, 6.07) is 13.3. The zero-order chi connectivity index (χ0) is 14.8. The smallest absolute Gasteiger partial charge is 0.254 e. The van der Waals surface area contributed by atoms with E-state index in [2.05, 4.69) is 0 Å². The average Bonchev–Trinajstić information content (AvgIpc) is 2.97. The Balaban J connectivity index is 1.85. The minimum absolute atomic E-state index is 0.00140. The first-order chi connectivity index (χ1) is 10.1. The second-order valence-corrected chi connectivity index (χ2v) is 5.65. The van der Waals surface area contributed by atoms with E-state index in [0.29, 0.717) is 10.6 Å². The molecule has 1 heterocycles. The summed E-state index contributed by atoms with van der Waals surface area (Å²) < 4.78 is 13.0. The van der Waals surface area contributed by atoms with Gasteiger partial charge in [-0.05, 0) is 54.8 Å². The summed E-state index contributed by atoms with van der Waals surface area (Å²) in [5, 5.41) is 0.614. The van der Waals surface area contributed by atoms with Crippen molar-refractivity contribution in [2.45, 2.75) is 18.9 Å². The second-order valence-electron chi connectivity index (χ2n) is 5.22. The Hall–Kier alpha value is -1.87. The second kappa shape index (κ2) is 5.86. The van der Waals surface area contributed by atoms with Crippen LogP contribution in [0.15, 0.2) is 48.5 Å². The third kappa shape index (κ3) is 2.93. The van der Waals surface area contributed by atoms with Gasteiger partial charge in [0, 0.05) is 17.1 Å². The van der Waals surface area contributed by atoms with Crippen molar-refractivity contribution in [2.75, 3.05) is 6.54 Å². The highest BCUT2D eigenvalue weighted by molar-refractivity contribution is 6.30. The van der Waals surface area contributed by atoms with Gasteiger partial charge < -0.3 is 4.90 Å². The Morgan fingerprint density at radius 2 is 1.76 bits per heavy atom. The Morgan fingerprint density at radius 1 is 1.10 bits per heavy atom. The molecule has 0 aromatic heterocycles. The molecule has 4 heteroatoms. The van der Waals surface area contributed by atoms with Gasteiger partial charge in [0.05, 0.1) is 6.04 Å². The molecule has 2 nitrogen and oxygen atoms in total. The number of rotatable bonds is 2. The summed E-state index contributed by atoms with van der Waals surface area (Å²) in [5.74, 6) is -0.259. The molecule has 0 radical (unpaired) electrons. The number of benzene rings is 2. The largest absolute Gasteiger partial charge is 0.332 e. The summed E-state index contributed by atoms with van der Waals surface area (Å²) in [4.78, 5) is 14.5. The fraction of sp³-hybridized carbons (Fsp3) is 0.235. The monoisotopic (exact) mass is 303 g/mol. The summed E-state index contributed by atoms with van der Waals surface area (Å²) >= 11 is 5.85. The maximum absolute atomic E-state index is 13.0. The van der Waals surface area contributed by atoms with Crippen LogP contribution in [0.3, 0.4) is 0 Å². The van der Waals surface area contributed by atoms with Crippen LogP contribution in [0.25, 0.3) is 0 Å². The number of carbonyl (C=O) groups is 1. The molecule has 2 aromatic rings. The van der Waals surface area contributed by atoms with Gasteiger partial charge in [-0.3, -0.25) is 4.79 Å². The fourth-order valence-corrected chi connectivity index (χ4v) is 2.93. The third-order valence-corrected chi connectivity index (χ3v) is 4.11. The highest BCUT2D eigenvalue weighted by Crippen LogP contribution is 2.33. The molecule has 1 atom stereocenters. The first kappa shape index (κ1) is 14.1. The first-order valence-electron chi connectivity index (χ1n) is 6.97. The molecule has 0 bridgehead atoms. The van der Waals surface area contributed by atoms with Gasteiger partial charge in [0.15, 0.2) is 0 Å². The molecule has 2 aromatic carbocycles. The van der Waals surface area contributed by atoms with Gasteiger partial charge in [0.2, 0.25) is 0 Å². The summed E-state index contributed by atoms with van der Waals surface area (Å²) in [5.41, 5.74) is 1.62. The van der Waals surface area contributed by atoms with Crippen LogP contribution >= 0.6 is 11.6 Å². The van der Waals surface area contributed by atoms with E-state index in [0.717, 1.165) is 24.9 Å². The van der Waals surface area contributed by atoms with Crippen LogP contribution in [0, 0.1) is 5.82 Å². The molecule has 1 aliphatic heterocycles. The average molecular weight is 304 g/mol. The molecule has 1 aliphatic rings. The lowest BCUT2D eigenvalue weighted by Gasteiger charge is -2.25. The SMILES string of the molecule is O=C(c1ccc(Cl)cc1)N1CCCC1c1ccc(F)cc1. The first-order valence-corrected chi connectivity index (χ1v) is 7.35. The van der Waals surface area contributed by atoms with E-state index in [4.69, 9.17) is 11.6 Å². The van der Waals surface area contributed by atoms with Crippen LogP contribution < -0.4 is 0 Å². The minimum Gasteiger partial charge on any atom is -0.332 e. The maximum Gasteiger partial charge on any atom is 0.254 e. The van der Waals surface area contributed by atoms with Crippen molar-refractivity contribution in [3.05, 3.63) is 70.5 Å².